The molecule has 17 heavy (non-hydrogen) atoms. The molecule has 0 bridgehead atoms. The van der Waals surface area contributed by atoms with Crippen molar-refractivity contribution in [2.24, 2.45) is 22.9 Å². The maximum Gasteiger partial charge on any atom is 0.139 e. The van der Waals surface area contributed by atoms with Crippen LogP contribution < -0.4 is 38.9 Å². The Bertz CT molecular complexity index is 187. The van der Waals surface area contributed by atoms with Crippen LogP contribution >= 0.6 is 0 Å². The van der Waals surface area contributed by atoms with Crippen LogP contribution in [0.5, 0.6) is 0 Å². The van der Waals surface area contributed by atoms with E-state index in [-0.39, 0.29) is 5.54 Å². The summed E-state index contributed by atoms with van der Waals surface area (Å²) in [6.45, 7) is 7.58. The van der Waals surface area contributed by atoms with Crippen molar-refractivity contribution < 1.29 is 0 Å². The summed E-state index contributed by atoms with van der Waals surface area (Å²) in [5, 5.41) is 9.74. The first-order chi connectivity index (χ1) is 7.93. The summed E-state index contributed by atoms with van der Waals surface area (Å²) in [5.74, 6) is -0.777. The van der Waals surface area contributed by atoms with Crippen LogP contribution in [-0.4, -0.2) is 50.6 Å². The van der Waals surface area contributed by atoms with Crippen LogP contribution in [0.15, 0.2) is 0 Å². The van der Waals surface area contributed by atoms with Gasteiger partial charge in [-0.25, -0.2) is 0 Å². The SMILES string of the molecule is CC(C)(NCCN)C(N)(NCCN)NCCN. The number of nitrogens with two attached hydrogens (primary N) is 4. The zero-order chi connectivity index (χ0) is 13.4. The molecule has 0 aliphatic heterocycles. The molecule has 104 valence electrons. The molecule has 7 heteroatoms. The van der Waals surface area contributed by atoms with Gasteiger partial charge in [0.2, 0.25) is 0 Å². The van der Waals surface area contributed by atoms with E-state index in [0.29, 0.717) is 39.3 Å². The van der Waals surface area contributed by atoms with E-state index in [1.165, 1.54) is 0 Å². The van der Waals surface area contributed by atoms with Gasteiger partial charge in [-0.3, -0.25) is 16.4 Å². The van der Waals surface area contributed by atoms with Crippen molar-refractivity contribution in [3.8, 4) is 0 Å². The Hall–Kier alpha value is -0.280. The zero-order valence-electron chi connectivity index (χ0n) is 11.1. The van der Waals surface area contributed by atoms with Gasteiger partial charge < -0.3 is 22.5 Å². The monoisotopic (exact) mass is 247 g/mol. The molecular weight excluding hydrogens is 218 g/mol. The lowest BCUT2D eigenvalue weighted by Crippen LogP contribution is -2.79. The lowest BCUT2D eigenvalue weighted by atomic mass is 9.94. The Morgan fingerprint density at radius 1 is 0.765 bits per heavy atom. The van der Waals surface area contributed by atoms with Crippen LogP contribution in [0.1, 0.15) is 13.8 Å². The van der Waals surface area contributed by atoms with Crippen LogP contribution in [0, 0.1) is 0 Å². The third kappa shape index (κ3) is 5.26. The van der Waals surface area contributed by atoms with Crippen molar-refractivity contribution in [2.45, 2.75) is 25.2 Å². The maximum absolute atomic E-state index is 6.35. The van der Waals surface area contributed by atoms with Gasteiger partial charge in [-0.05, 0) is 13.8 Å². The van der Waals surface area contributed by atoms with Crippen molar-refractivity contribution in [3.05, 3.63) is 0 Å². The quantitative estimate of drug-likeness (QED) is 0.204. The number of nitrogens with one attached hydrogen (secondary N) is 3. The standard InChI is InChI=1S/C10H29N7/c1-9(2,15-6-3-11)10(14,16-7-4-12)17-8-5-13/h15-17H,3-8,11-14H2,1-2H3. The maximum atomic E-state index is 6.35. The molecule has 11 N–H and O–H groups in total. The first kappa shape index (κ1) is 16.7. The number of rotatable bonds is 10. The highest BCUT2D eigenvalue weighted by Gasteiger charge is 2.40. The molecule has 0 aromatic carbocycles. The fourth-order valence-electron chi connectivity index (χ4n) is 1.57. The van der Waals surface area contributed by atoms with Gasteiger partial charge in [-0.1, -0.05) is 0 Å². The van der Waals surface area contributed by atoms with Gasteiger partial charge in [0.05, 0.1) is 5.54 Å². The highest BCUT2D eigenvalue weighted by Crippen LogP contribution is 2.13. The molecule has 0 saturated carbocycles. The minimum atomic E-state index is -0.777. The molecule has 7 nitrogen and oxygen atoms in total. The van der Waals surface area contributed by atoms with Crippen LogP contribution in [0.4, 0.5) is 0 Å². The average Bonchev–Trinajstić information content (AvgIpc) is 2.31. The minimum absolute atomic E-state index is 0.378. The van der Waals surface area contributed by atoms with Crippen LogP contribution in [0.2, 0.25) is 0 Å². The zero-order valence-corrected chi connectivity index (χ0v) is 11.1. The van der Waals surface area contributed by atoms with Gasteiger partial charge >= 0.3 is 0 Å². The average molecular weight is 247 g/mol. The van der Waals surface area contributed by atoms with Gasteiger partial charge in [-0.15, -0.1) is 0 Å². The van der Waals surface area contributed by atoms with E-state index in [9.17, 15) is 0 Å². The molecule has 0 atom stereocenters. The first-order valence-electron chi connectivity index (χ1n) is 6.07. The van der Waals surface area contributed by atoms with Crippen LogP contribution in [0.25, 0.3) is 0 Å². The Labute approximate surface area is 104 Å². The summed E-state index contributed by atoms with van der Waals surface area (Å²) >= 11 is 0. The predicted molar refractivity (Wildman–Crippen MR) is 72.2 cm³/mol. The molecule has 0 heterocycles. The molecule has 0 saturated heterocycles. The molecule has 0 radical (unpaired) electrons. The molecular formula is C10H29N7. The summed E-state index contributed by atoms with van der Waals surface area (Å²) in [5.41, 5.74) is 22.5. The third-order valence-electron chi connectivity index (χ3n) is 2.79. The topological polar surface area (TPSA) is 140 Å². The number of hydrogen-bond acceptors (Lipinski definition) is 7. The molecule has 0 fully saturated rings. The second-order valence-corrected chi connectivity index (χ2v) is 4.58. The van der Waals surface area contributed by atoms with Gasteiger partial charge in [0, 0.05) is 39.3 Å². The second kappa shape index (κ2) is 7.93. The Kier molecular flexibility index (Phi) is 7.80. The second-order valence-electron chi connectivity index (χ2n) is 4.58. The molecule has 0 unspecified atom stereocenters. The van der Waals surface area contributed by atoms with Gasteiger partial charge in [0.25, 0.3) is 0 Å². The van der Waals surface area contributed by atoms with E-state index < -0.39 is 5.79 Å². The van der Waals surface area contributed by atoms with E-state index in [1.54, 1.807) is 0 Å². The molecule has 0 rings (SSSR count). The summed E-state index contributed by atoms with van der Waals surface area (Å²) in [7, 11) is 0. The lowest BCUT2D eigenvalue weighted by Gasteiger charge is -2.45. The molecule has 0 aromatic rings. The van der Waals surface area contributed by atoms with E-state index in [1.807, 2.05) is 13.8 Å². The fourth-order valence-corrected chi connectivity index (χ4v) is 1.57. The van der Waals surface area contributed by atoms with Crippen molar-refractivity contribution in [1.29, 1.82) is 0 Å². The predicted octanol–water partition coefficient (Wildman–Crippen LogP) is -2.98. The Balaban J connectivity index is 4.60. The van der Waals surface area contributed by atoms with Gasteiger partial charge in [0.1, 0.15) is 5.79 Å². The summed E-state index contributed by atoms with van der Waals surface area (Å²) in [6.07, 6.45) is 0. The van der Waals surface area contributed by atoms with E-state index >= 15 is 0 Å². The minimum Gasteiger partial charge on any atom is -0.329 e. The van der Waals surface area contributed by atoms with Gasteiger partial charge in [0.15, 0.2) is 0 Å². The van der Waals surface area contributed by atoms with Crippen molar-refractivity contribution in [1.82, 2.24) is 16.0 Å². The molecule has 0 aromatic heterocycles. The van der Waals surface area contributed by atoms with Crippen molar-refractivity contribution in [2.75, 3.05) is 39.3 Å². The highest BCUT2D eigenvalue weighted by molar-refractivity contribution is 5.00. The Morgan fingerprint density at radius 2 is 1.12 bits per heavy atom. The summed E-state index contributed by atoms with van der Waals surface area (Å²) in [6, 6.07) is 0. The summed E-state index contributed by atoms with van der Waals surface area (Å²) < 4.78 is 0. The largest absolute Gasteiger partial charge is 0.329 e. The van der Waals surface area contributed by atoms with Gasteiger partial charge in [-0.2, -0.15) is 0 Å². The molecule has 0 aliphatic carbocycles. The van der Waals surface area contributed by atoms with E-state index in [2.05, 4.69) is 16.0 Å². The van der Waals surface area contributed by atoms with Crippen molar-refractivity contribution in [3.63, 3.8) is 0 Å². The summed E-state index contributed by atoms with van der Waals surface area (Å²) in [4.78, 5) is 0. The van der Waals surface area contributed by atoms with E-state index in [4.69, 9.17) is 22.9 Å². The molecule has 0 aliphatic rings. The molecule has 0 spiro atoms. The normalized spacial score (nSPS) is 13.1. The first-order valence-corrected chi connectivity index (χ1v) is 6.07. The Morgan fingerprint density at radius 3 is 1.47 bits per heavy atom. The number of hydrogen-bond donors (Lipinski definition) is 7. The smallest absolute Gasteiger partial charge is 0.139 e. The molecule has 0 amide bonds. The lowest BCUT2D eigenvalue weighted by molar-refractivity contribution is 0.125. The fraction of sp³-hybridized carbons (Fsp3) is 1.00. The van der Waals surface area contributed by atoms with Crippen LogP contribution in [0.3, 0.4) is 0 Å². The van der Waals surface area contributed by atoms with E-state index in [0.717, 1.165) is 0 Å². The highest BCUT2D eigenvalue weighted by atomic mass is 15.4. The third-order valence-corrected chi connectivity index (χ3v) is 2.79. The van der Waals surface area contributed by atoms with Crippen LogP contribution in [-0.2, 0) is 0 Å². The van der Waals surface area contributed by atoms with Crippen molar-refractivity contribution >= 4 is 0 Å².